The van der Waals surface area contributed by atoms with Crippen LogP contribution in [-0.4, -0.2) is 23.5 Å². The van der Waals surface area contributed by atoms with E-state index >= 15 is 0 Å². The third kappa shape index (κ3) is 2.98. The molecule has 1 aliphatic heterocycles. The minimum absolute atomic E-state index is 0.0922. The maximum atomic E-state index is 11.2. The first kappa shape index (κ1) is 12.8. The van der Waals surface area contributed by atoms with Crippen molar-refractivity contribution in [3.05, 3.63) is 72.0 Å². The van der Waals surface area contributed by atoms with E-state index in [0.717, 1.165) is 5.56 Å². The van der Waals surface area contributed by atoms with Gasteiger partial charge in [0.25, 0.3) is 0 Å². The fourth-order valence-corrected chi connectivity index (χ4v) is 1.64. The summed E-state index contributed by atoms with van der Waals surface area (Å²) >= 11 is 0. The van der Waals surface area contributed by atoms with E-state index in [0.29, 0.717) is 11.7 Å². The van der Waals surface area contributed by atoms with Crippen molar-refractivity contribution in [3.8, 4) is 0 Å². The lowest BCUT2D eigenvalue weighted by atomic mass is 10.2. The van der Waals surface area contributed by atoms with Crippen molar-refractivity contribution < 1.29 is 14.6 Å². The highest BCUT2D eigenvalue weighted by Gasteiger charge is 2.21. The summed E-state index contributed by atoms with van der Waals surface area (Å²) in [5, 5.41) is 9.14. The first-order valence-corrected chi connectivity index (χ1v) is 5.75. The van der Waals surface area contributed by atoms with Gasteiger partial charge in [-0.15, -0.1) is 0 Å². The topological polar surface area (TPSA) is 58.9 Å². The second kappa shape index (κ2) is 5.82. The molecule has 0 amide bonds. The van der Waals surface area contributed by atoms with Gasteiger partial charge in [0.1, 0.15) is 12.3 Å². The quantitative estimate of drug-likeness (QED) is 0.664. The van der Waals surface area contributed by atoms with E-state index in [1.165, 1.54) is 12.2 Å². The third-order valence-corrected chi connectivity index (χ3v) is 2.54. The van der Waals surface area contributed by atoms with Gasteiger partial charge in [-0.1, -0.05) is 36.9 Å². The van der Waals surface area contributed by atoms with Crippen LogP contribution < -0.4 is 0 Å². The van der Waals surface area contributed by atoms with Crippen LogP contribution in [0, 0.1) is 0 Å². The summed E-state index contributed by atoms with van der Waals surface area (Å²) in [4.78, 5) is 15.4. The van der Waals surface area contributed by atoms with Crippen LogP contribution in [0.2, 0.25) is 0 Å². The summed E-state index contributed by atoms with van der Waals surface area (Å²) < 4.78 is 5.53. The molecule has 0 aromatic heterocycles. The molecule has 0 fully saturated rings. The smallest absolute Gasteiger partial charge is 0.339 e. The molecular weight excluding hydrogens is 242 g/mol. The lowest BCUT2D eigenvalue weighted by molar-refractivity contribution is -0.132. The second-order valence-corrected chi connectivity index (χ2v) is 3.83. The van der Waals surface area contributed by atoms with E-state index in [2.05, 4.69) is 11.6 Å². The Labute approximate surface area is 111 Å². The number of rotatable bonds is 4. The van der Waals surface area contributed by atoms with Crippen LogP contribution in [0.4, 0.5) is 0 Å². The minimum Gasteiger partial charge on any atom is -0.478 e. The molecule has 0 aliphatic carbocycles. The van der Waals surface area contributed by atoms with E-state index < -0.39 is 5.97 Å². The molecule has 96 valence electrons. The highest BCUT2D eigenvalue weighted by molar-refractivity contribution is 5.98. The summed E-state index contributed by atoms with van der Waals surface area (Å²) in [5.74, 6) is -0.261. The van der Waals surface area contributed by atoms with Crippen molar-refractivity contribution in [1.29, 1.82) is 0 Å². The van der Waals surface area contributed by atoms with Gasteiger partial charge in [0, 0.05) is 5.56 Å². The van der Waals surface area contributed by atoms with Crippen LogP contribution in [0.3, 0.4) is 0 Å². The summed E-state index contributed by atoms with van der Waals surface area (Å²) in [6.07, 6.45) is 4.52. The van der Waals surface area contributed by atoms with Gasteiger partial charge in [-0.25, -0.2) is 9.79 Å². The Bertz CT molecular complexity index is 583. The van der Waals surface area contributed by atoms with Gasteiger partial charge >= 0.3 is 5.97 Å². The van der Waals surface area contributed by atoms with Crippen LogP contribution in [0.5, 0.6) is 0 Å². The van der Waals surface area contributed by atoms with Crippen LogP contribution in [0.1, 0.15) is 5.56 Å². The fraction of sp³-hybridized carbons (Fsp3) is 0.0667. The summed E-state index contributed by atoms with van der Waals surface area (Å²) in [6, 6.07) is 9.37. The molecule has 0 saturated carbocycles. The van der Waals surface area contributed by atoms with Crippen LogP contribution in [-0.2, 0) is 9.53 Å². The molecule has 1 aromatic rings. The van der Waals surface area contributed by atoms with Crippen LogP contribution in [0.15, 0.2) is 71.5 Å². The highest BCUT2D eigenvalue weighted by Crippen LogP contribution is 2.19. The number of hydrogen-bond donors (Lipinski definition) is 1. The van der Waals surface area contributed by atoms with Crippen molar-refractivity contribution in [3.63, 3.8) is 0 Å². The number of ether oxygens (including phenoxy) is 1. The maximum absolute atomic E-state index is 11.2. The predicted molar refractivity (Wildman–Crippen MR) is 72.9 cm³/mol. The maximum Gasteiger partial charge on any atom is 0.339 e. The fourth-order valence-electron chi connectivity index (χ4n) is 1.64. The lowest BCUT2D eigenvalue weighted by Crippen LogP contribution is -2.06. The number of carboxylic acids is 1. The van der Waals surface area contributed by atoms with Gasteiger partial charge in [0.05, 0.1) is 5.57 Å². The number of aliphatic carboxylic acids is 1. The summed E-state index contributed by atoms with van der Waals surface area (Å²) in [6.45, 7) is 3.74. The molecule has 0 saturated heterocycles. The average Bonchev–Trinajstić information content (AvgIpc) is 2.89. The number of hydrogen-bond acceptors (Lipinski definition) is 3. The molecular formula is C15H13NO3. The van der Waals surface area contributed by atoms with Crippen LogP contribution >= 0.6 is 0 Å². The predicted octanol–water partition coefficient (Wildman–Crippen LogP) is 2.54. The van der Waals surface area contributed by atoms with Gasteiger partial charge in [0.2, 0.25) is 5.90 Å². The number of nitrogens with zero attached hydrogens (tertiary/aromatic N) is 1. The van der Waals surface area contributed by atoms with Crippen molar-refractivity contribution in [2.75, 3.05) is 6.54 Å². The normalized spacial score (nSPS) is 16.9. The SMILES string of the molecule is C=CC=CC(C(=O)O)=C1CN=C(c2ccccc2)O1. The van der Waals surface area contributed by atoms with Crippen LogP contribution in [0.25, 0.3) is 0 Å². The Kier molecular flexibility index (Phi) is 3.93. The zero-order valence-electron chi connectivity index (χ0n) is 10.2. The number of allylic oxidation sites excluding steroid dienone is 2. The molecule has 0 unspecified atom stereocenters. The molecule has 4 nitrogen and oxygen atoms in total. The molecule has 0 radical (unpaired) electrons. The van der Waals surface area contributed by atoms with Gasteiger partial charge in [-0.2, -0.15) is 0 Å². The Balaban J connectivity index is 2.25. The number of aliphatic imine (C=N–C) groups is 1. The zero-order chi connectivity index (χ0) is 13.7. The summed E-state index contributed by atoms with van der Waals surface area (Å²) in [5.41, 5.74) is 0.921. The van der Waals surface area contributed by atoms with Crippen molar-refractivity contribution in [1.82, 2.24) is 0 Å². The number of carboxylic acid groups (broad SMARTS) is 1. The molecule has 1 aromatic carbocycles. The monoisotopic (exact) mass is 255 g/mol. The second-order valence-electron chi connectivity index (χ2n) is 3.83. The molecule has 1 heterocycles. The Morgan fingerprint density at radius 2 is 2.11 bits per heavy atom. The van der Waals surface area contributed by atoms with E-state index in [9.17, 15) is 4.79 Å². The Morgan fingerprint density at radius 1 is 1.37 bits per heavy atom. The molecule has 1 N–H and O–H groups in total. The minimum atomic E-state index is -1.04. The third-order valence-electron chi connectivity index (χ3n) is 2.54. The lowest BCUT2D eigenvalue weighted by Gasteiger charge is -2.04. The molecule has 19 heavy (non-hydrogen) atoms. The largest absolute Gasteiger partial charge is 0.478 e. The Morgan fingerprint density at radius 3 is 2.74 bits per heavy atom. The van der Waals surface area contributed by atoms with E-state index in [1.54, 1.807) is 6.08 Å². The number of benzene rings is 1. The molecule has 2 rings (SSSR count). The van der Waals surface area contributed by atoms with E-state index in [1.807, 2.05) is 30.3 Å². The molecule has 4 heteroatoms. The van der Waals surface area contributed by atoms with Gasteiger partial charge in [-0.3, -0.25) is 0 Å². The number of carbonyl (C=O) groups is 1. The zero-order valence-corrected chi connectivity index (χ0v) is 10.2. The van der Waals surface area contributed by atoms with E-state index in [-0.39, 0.29) is 12.1 Å². The first-order chi connectivity index (χ1) is 9.22. The Hall–Kier alpha value is -2.62. The highest BCUT2D eigenvalue weighted by atomic mass is 16.5. The summed E-state index contributed by atoms with van der Waals surface area (Å²) in [7, 11) is 0. The molecule has 0 bridgehead atoms. The van der Waals surface area contributed by atoms with Crippen molar-refractivity contribution >= 4 is 11.9 Å². The molecule has 0 atom stereocenters. The van der Waals surface area contributed by atoms with Crippen molar-refractivity contribution in [2.24, 2.45) is 4.99 Å². The molecule has 1 aliphatic rings. The van der Waals surface area contributed by atoms with Gasteiger partial charge < -0.3 is 9.84 Å². The van der Waals surface area contributed by atoms with E-state index in [4.69, 9.17) is 9.84 Å². The average molecular weight is 255 g/mol. The van der Waals surface area contributed by atoms with Crippen molar-refractivity contribution in [2.45, 2.75) is 0 Å². The van der Waals surface area contributed by atoms with Gasteiger partial charge in [0.15, 0.2) is 0 Å². The molecule has 0 spiro atoms. The first-order valence-electron chi connectivity index (χ1n) is 5.75. The standard InChI is InChI=1S/C15H13NO3/c1-2-3-9-12(15(17)18)13-10-16-14(19-13)11-7-5-4-6-8-11/h2-9H,1,10H2,(H,17,18). The van der Waals surface area contributed by atoms with Gasteiger partial charge in [-0.05, 0) is 18.2 Å².